The van der Waals surface area contributed by atoms with E-state index < -0.39 is 5.97 Å². The summed E-state index contributed by atoms with van der Waals surface area (Å²) < 4.78 is 5.72. The molecule has 0 aliphatic heterocycles. The Labute approximate surface area is 139 Å². The van der Waals surface area contributed by atoms with Crippen molar-refractivity contribution in [3.05, 3.63) is 0 Å². The van der Waals surface area contributed by atoms with Crippen molar-refractivity contribution in [1.29, 1.82) is 0 Å². The predicted molar refractivity (Wildman–Crippen MR) is 88.2 cm³/mol. The van der Waals surface area contributed by atoms with Crippen molar-refractivity contribution in [2.75, 3.05) is 6.61 Å². The Bertz CT molecular complexity index is 371. The molecule has 0 aromatic rings. The number of hydrogen-bond donors (Lipinski definition) is 2. The summed E-state index contributed by atoms with van der Waals surface area (Å²) in [6.07, 6.45) is 12.4. The van der Waals surface area contributed by atoms with Crippen LogP contribution in [0.25, 0.3) is 0 Å². The summed E-state index contributed by atoms with van der Waals surface area (Å²) in [5.41, 5.74) is 0. The average Bonchev–Trinajstić information content (AvgIpc) is 2.55. The Morgan fingerprint density at radius 1 is 1.00 bits per heavy atom. The first-order valence-electron chi connectivity index (χ1n) is 9.26. The summed E-state index contributed by atoms with van der Waals surface area (Å²) in [5, 5.41) is 11.8. The number of rotatable bonds is 8. The van der Waals surface area contributed by atoms with E-state index in [1.165, 1.54) is 19.3 Å². The molecule has 5 nitrogen and oxygen atoms in total. The number of hydrogen-bond acceptors (Lipinski definition) is 3. The van der Waals surface area contributed by atoms with Crippen LogP contribution in [-0.2, 0) is 14.3 Å². The molecule has 2 aliphatic rings. The van der Waals surface area contributed by atoms with E-state index in [2.05, 4.69) is 5.32 Å². The molecule has 2 saturated carbocycles. The lowest BCUT2D eigenvalue weighted by Gasteiger charge is -2.29. The van der Waals surface area contributed by atoms with Crippen LogP contribution < -0.4 is 5.32 Å². The highest BCUT2D eigenvalue weighted by Crippen LogP contribution is 2.28. The Balaban J connectivity index is 1.54. The molecule has 0 saturated heterocycles. The molecule has 132 valence electrons. The van der Waals surface area contributed by atoms with Crippen molar-refractivity contribution in [2.45, 2.75) is 89.2 Å². The zero-order valence-electron chi connectivity index (χ0n) is 14.1. The second-order valence-electron chi connectivity index (χ2n) is 7.14. The van der Waals surface area contributed by atoms with Crippen LogP contribution in [0.4, 0.5) is 0 Å². The first kappa shape index (κ1) is 18.2. The van der Waals surface area contributed by atoms with Gasteiger partial charge >= 0.3 is 5.97 Å². The monoisotopic (exact) mass is 325 g/mol. The highest BCUT2D eigenvalue weighted by molar-refractivity contribution is 5.77. The summed E-state index contributed by atoms with van der Waals surface area (Å²) >= 11 is 0. The van der Waals surface area contributed by atoms with Crippen molar-refractivity contribution < 1.29 is 19.4 Å². The van der Waals surface area contributed by atoms with Crippen LogP contribution in [0.1, 0.15) is 77.0 Å². The SMILES string of the molecule is O=C(O)CCCC1CCC(NC(=O)COC2CCCCC2)CC1. The van der Waals surface area contributed by atoms with Gasteiger partial charge in [-0.1, -0.05) is 19.3 Å². The van der Waals surface area contributed by atoms with Gasteiger partial charge in [0.2, 0.25) is 5.91 Å². The molecule has 2 rings (SSSR count). The molecule has 0 aromatic heterocycles. The van der Waals surface area contributed by atoms with Gasteiger partial charge in [0.1, 0.15) is 6.61 Å². The topological polar surface area (TPSA) is 75.6 Å². The van der Waals surface area contributed by atoms with Crippen molar-refractivity contribution in [3.63, 3.8) is 0 Å². The van der Waals surface area contributed by atoms with Gasteiger partial charge in [0.15, 0.2) is 0 Å². The minimum atomic E-state index is -0.705. The Kier molecular flexibility index (Phi) is 7.86. The molecule has 0 bridgehead atoms. The Hall–Kier alpha value is -1.10. The van der Waals surface area contributed by atoms with Crippen LogP contribution >= 0.6 is 0 Å². The van der Waals surface area contributed by atoms with Gasteiger partial charge in [0.05, 0.1) is 6.10 Å². The molecule has 2 fully saturated rings. The normalized spacial score (nSPS) is 25.9. The van der Waals surface area contributed by atoms with Crippen LogP contribution in [0, 0.1) is 5.92 Å². The van der Waals surface area contributed by atoms with Crippen molar-refractivity contribution in [1.82, 2.24) is 5.32 Å². The molecule has 1 amide bonds. The fourth-order valence-corrected chi connectivity index (χ4v) is 3.83. The summed E-state index contributed by atoms with van der Waals surface area (Å²) in [7, 11) is 0. The van der Waals surface area contributed by atoms with Gasteiger partial charge < -0.3 is 15.2 Å². The van der Waals surface area contributed by atoms with E-state index >= 15 is 0 Å². The third-order valence-corrected chi connectivity index (χ3v) is 5.22. The molecule has 0 unspecified atom stereocenters. The average molecular weight is 325 g/mol. The number of aliphatic carboxylic acids is 1. The minimum absolute atomic E-state index is 0.0184. The second kappa shape index (κ2) is 9.91. The second-order valence-corrected chi connectivity index (χ2v) is 7.14. The zero-order chi connectivity index (χ0) is 16.5. The molecule has 0 radical (unpaired) electrons. The third-order valence-electron chi connectivity index (χ3n) is 5.22. The highest BCUT2D eigenvalue weighted by Gasteiger charge is 2.23. The number of nitrogens with one attached hydrogen (secondary N) is 1. The van der Waals surface area contributed by atoms with Gasteiger partial charge in [-0.25, -0.2) is 0 Å². The van der Waals surface area contributed by atoms with E-state index in [9.17, 15) is 9.59 Å². The van der Waals surface area contributed by atoms with Gasteiger partial charge in [-0.15, -0.1) is 0 Å². The van der Waals surface area contributed by atoms with Gasteiger partial charge in [0.25, 0.3) is 0 Å². The lowest BCUT2D eigenvalue weighted by atomic mass is 9.83. The van der Waals surface area contributed by atoms with Gasteiger partial charge in [-0.3, -0.25) is 9.59 Å². The number of carboxylic acid groups (broad SMARTS) is 1. The maximum Gasteiger partial charge on any atom is 0.303 e. The Morgan fingerprint density at radius 3 is 2.35 bits per heavy atom. The summed E-state index contributed by atoms with van der Waals surface area (Å²) in [4.78, 5) is 22.5. The van der Waals surface area contributed by atoms with Gasteiger partial charge in [-0.05, 0) is 57.3 Å². The van der Waals surface area contributed by atoms with Crippen molar-refractivity contribution in [3.8, 4) is 0 Å². The molecule has 2 aliphatic carbocycles. The molecule has 2 N–H and O–H groups in total. The van der Waals surface area contributed by atoms with Crippen molar-refractivity contribution in [2.24, 2.45) is 5.92 Å². The number of amides is 1. The molecular weight excluding hydrogens is 294 g/mol. The first-order chi connectivity index (χ1) is 11.1. The standard InChI is InChI=1S/C18H31NO4/c20-17(13-23-16-6-2-1-3-7-16)19-15-11-9-14(10-12-15)5-4-8-18(21)22/h14-16H,1-13H2,(H,19,20)(H,21,22). The summed E-state index contributed by atoms with van der Waals surface area (Å²) in [6.45, 7) is 0.198. The third kappa shape index (κ3) is 7.34. The fourth-order valence-electron chi connectivity index (χ4n) is 3.83. The summed E-state index contributed by atoms with van der Waals surface area (Å²) in [5.74, 6) is -0.0604. The largest absolute Gasteiger partial charge is 0.481 e. The molecule has 0 atom stereocenters. The Morgan fingerprint density at radius 2 is 1.70 bits per heavy atom. The van der Waals surface area contributed by atoms with E-state index in [0.29, 0.717) is 5.92 Å². The van der Waals surface area contributed by atoms with Crippen LogP contribution in [0.2, 0.25) is 0 Å². The maximum atomic E-state index is 12.0. The van der Waals surface area contributed by atoms with Gasteiger partial charge in [-0.2, -0.15) is 0 Å². The number of ether oxygens (including phenoxy) is 1. The quantitative estimate of drug-likeness (QED) is 0.718. The minimum Gasteiger partial charge on any atom is -0.481 e. The van der Waals surface area contributed by atoms with E-state index in [4.69, 9.17) is 9.84 Å². The molecule has 5 heteroatoms. The van der Waals surface area contributed by atoms with E-state index in [-0.39, 0.29) is 31.1 Å². The smallest absolute Gasteiger partial charge is 0.303 e. The molecule has 0 spiro atoms. The number of carbonyl (C=O) groups is 2. The van der Waals surface area contributed by atoms with E-state index in [0.717, 1.165) is 51.4 Å². The lowest BCUT2D eigenvalue weighted by Crippen LogP contribution is -2.40. The van der Waals surface area contributed by atoms with Crippen LogP contribution in [-0.4, -0.2) is 35.7 Å². The summed E-state index contributed by atoms with van der Waals surface area (Å²) in [6, 6.07) is 0.271. The molecule has 0 aromatic carbocycles. The van der Waals surface area contributed by atoms with Crippen molar-refractivity contribution >= 4 is 11.9 Å². The van der Waals surface area contributed by atoms with E-state index in [1.54, 1.807) is 0 Å². The first-order valence-corrected chi connectivity index (χ1v) is 9.26. The zero-order valence-corrected chi connectivity index (χ0v) is 14.1. The molecule has 0 heterocycles. The fraction of sp³-hybridized carbons (Fsp3) is 0.889. The predicted octanol–water partition coefficient (Wildman–Crippen LogP) is 3.27. The molecule has 23 heavy (non-hydrogen) atoms. The van der Waals surface area contributed by atoms with Crippen LogP contribution in [0.3, 0.4) is 0 Å². The maximum absolute atomic E-state index is 12.0. The molecular formula is C18H31NO4. The van der Waals surface area contributed by atoms with Gasteiger partial charge in [0, 0.05) is 12.5 Å². The van der Waals surface area contributed by atoms with E-state index in [1.807, 2.05) is 0 Å². The highest BCUT2D eigenvalue weighted by atomic mass is 16.5. The lowest BCUT2D eigenvalue weighted by molar-refractivity contribution is -0.137. The number of carbonyl (C=O) groups excluding carboxylic acids is 1. The van der Waals surface area contributed by atoms with Crippen LogP contribution in [0.15, 0.2) is 0 Å². The van der Waals surface area contributed by atoms with Crippen LogP contribution in [0.5, 0.6) is 0 Å². The number of carboxylic acids is 1.